The van der Waals surface area contributed by atoms with Gasteiger partial charge in [0.25, 0.3) is 5.91 Å². The van der Waals surface area contributed by atoms with E-state index in [4.69, 9.17) is 0 Å². The molecular formula is C16H15F3N2O3S2. The van der Waals surface area contributed by atoms with Crippen molar-refractivity contribution in [3.8, 4) is 0 Å². The van der Waals surface area contributed by atoms with Gasteiger partial charge in [-0.1, -0.05) is 12.1 Å². The summed E-state index contributed by atoms with van der Waals surface area (Å²) in [6.45, 7) is 0.454. The Labute approximate surface area is 152 Å². The molecule has 0 bridgehead atoms. The lowest BCUT2D eigenvalue weighted by Gasteiger charge is -2.33. The number of halogens is 3. The van der Waals surface area contributed by atoms with Crippen molar-refractivity contribution in [1.82, 2.24) is 9.21 Å². The third-order valence-corrected chi connectivity index (χ3v) is 6.81. The number of sulfonamides is 1. The lowest BCUT2D eigenvalue weighted by Crippen LogP contribution is -2.50. The highest BCUT2D eigenvalue weighted by atomic mass is 32.2. The van der Waals surface area contributed by atoms with E-state index in [1.54, 1.807) is 22.4 Å². The Morgan fingerprint density at radius 1 is 1.04 bits per heavy atom. The van der Waals surface area contributed by atoms with Crippen LogP contribution in [0.3, 0.4) is 0 Å². The molecule has 2 heterocycles. The summed E-state index contributed by atoms with van der Waals surface area (Å²) in [6.07, 6.45) is -4.61. The number of benzene rings is 1. The predicted octanol–water partition coefficient (Wildman–Crippen LogP) is 2.91. The van der Waals surface area contributed by atoms with E-state index in [1.807, 2.05) is 0 Å². The summed E-state index contributed by atoms with van der Waals surface area (Å²) in [5, 5.41) is 1.78. The fourth-order valence-electron chi connectivity index (χ4n) is 2.67. The fraction of sp³-hybridized carbons (Fsp3) is 0.312. The van der Waals surface area contributed by atoms with Crippen molar-refractivity contribution in [1.29, 1.82) is 0 Å². The van der Waals surface area contributed by atoms with E-state index in [0.717, 1.165) is 22.5 Å². The Bertz CT molecular complexity index is 888. The van der Waals surface area contributed by atoms with E-state index in [1.165, 1.54) is 11.3 Å². The number of alkyl halides is 3. The van der Waals surface area contributed by atoms with Crippen LogP contribution in [0, 0.1) is 0 Å². The van der Waals surface area contributed by atoms with Crippen molar-refractivity contribution < 1.29 is 26.4 Å². The largest absolute Gasteiger partial charge is 0.416 e. The summed E-state index contributed by atoms with van der Waals surface area (Å²) < 4.78 is 64.8. The third-order valence-electron chi connectivity index (χ3n) is 4.06. The van der Waals surface area contributed by atoms with Crippen LogP contribution < -0.4 is 0 Å². The van der Waals surface area contributed by atoms with Gasteiger partial charge in [-0.2, -0.15) is 17.5 Å². The summed E-state index contributed by atoms with van der Waals surface area (Å²) in [6, 6.07) is 7.14. The van der Waals surface area contributed by atoms with Crippen LogP contribution in [0.25, 0.3) is 0 Å². The highest BCUT2D eigenvalue weighted by molar-refractivity contribution is 7.89. The molecule has 1 aromatic carbocycles. The van der Waals surface area contributed by atoms with Crippen molar-refractivity contribution in [2.45, 2.75) is 11.1 Å². The van der Waals surface area contributed by atoms with Gasteiger partial charge in [-0.25, -0.2) is 8.42 Å². The van der Waals surface area contributed by atoms with Gasteiger partial charge in [-0.15, -0.1) is 11.3 Å². The van der Waals surface area contributed by atoms with E-state index >= 15 is 0 Å². The smallest absolute Gasteiger partial charge is 0.335 e. The standard InChI is InChI=1S/C16H15F3N2O3S2/c17-16(18,19)12-3-1-4-13(11-12)26(23,24)21-8-6-20(7-9-21)15(22)14-5-2-10-25-14/h1-5,10-11H,6-9H2. The van der Waals surface area contributed by atoms with E-state index in [0.29, 0.717) is 10.9 Å². The molecule has 3 rings (SSSR count). The molecule has 10 heteroatoms. The van der Waals surface area contributed by atoms with Gasteiger partial charge in [0.1, 0.15) is 0 Å². The maximum Gasteiger partial charge on any atom is 0.416 e. The second-order valence-electron chi connectivity index (χ2n) is 5.70. The number of carbonyl (C=O) groups is 1. The Morgan fingerprint density at radius 3 is 2.31 bits per heavy atom. The maximum absolute atomic E-state index is 12.8. The van der Waals surface area contributed by atoms with Crippen LogP contribution in [-0.4, -0.2) is 49.7 Å². The van der Waals surface area contributed by atoms with Crippen molar-refractivity contribution in [2.75, 3.05) is 26.2 Å². The quantitative estimate of drug-likeness (QED) is 0.791. The molecule has 0 saturated carbocycles. The lowest BCUT2D eigenvalue weighted by atomic mass is 10.2. The number of hydrogen-bond acceptors (Lipinski definition) is 4. The predicted molar refractivity (Wildman–Crippen MR) is 90.4 cm³/mol. The van der Waals surface area contributed by atoms with E-state index in [-0.39, 0.29) is 32.1 Å². The molecule has 1 saturated heterocycles. The number of amides is 1. The first-order valence-corrected chi connectivity index (χ1v) is 10.0. The van der Waals surface area contributed by atoms with Gasteiger partial charge >= 0.3 is 6.18 Å². The van der Waals surface area contributed by atoms with Crippen LogP contribution in [0.15, 0.2) is 46.7 Å². The highest BCUT2D eigenvalue weighted by Crippen LogP contribution is 2.31. The zero-order valence-electron chi connectivity index (χ0n) is 13.4. The average molecular weight is 404 g/mol. The van der Waals surface area contributed by atoms with Gasteiger partial charge in [-0.05, 0) is 29.6 Å². The molecule has 0 aliphatic carbocycles. The highest BCUT2D eigenvalue weighted by Gasteiger charge is 2.34. The summed E-state index contributed by atoms with van der Waals surface area (Å²) in [7, 11) is -4.05. The van der Waals surface area contributed by atoms with Gasteiger partial charge in [0, 0.05) is 26.2 Å². The Hall–Kier alpha value is -1.91. The number of carbonyl (C=O) groups excluding carboxylic acids is 1. The molecule has 0 spiro atoms. The Kier molecular flexibility index (Phi) is 5.09. The zero-order valence-corrected chi connectivity index (χ0v) is 15.1. The number of piperazine rings is 1. The minimum absolute atomic E-state index is 0.0374. The van der Waals surface area contributed by atoms with Gasteiger partial charge in [0.05, 0.1) is 15.3 Å². The summed E-state index contributed by atoms with van der Waals surface area (Å²) in [4.78, 5) is 14.0. The molecule has 1 fully saturated rings. The van der Waals surface area contributed by atoms with E-state index in [2.05, 4.69) is 0 Å². The molecule has 1 aromatic heterocycles. The van der Waals surface area contributed by atoms with Crippen LogP contribution in [0.4, 0.5) is 13.2 Å². The first-order chi connectivity index (χ1) is 12.2. The molecule has 0 N–H and O–H groups in total. The molecule has 1 amide bonds. The normalized spacial score (nSPS) is 16.7. The van der Waals surface area contributed by atoms with Crippen LogP contribution in [0.5, 0.6) is 0 Å². The maximum atomic E-state index is 12.8. The molecule has 0 atom stereocenters. The number of thiophene rings is 1. The zero-order chi connectivity index (χ0) is 18.9. The number of nitrogens with zero attached hydrogens (tertiary/aromatic N) is 2. The topological polar surface area (TPSA) is 57.7 Å². The molecular weight excluding hydrogens is 389 g/mol. The summed E-state index contributed by atoms with van der Waals surface area (Å²) in [5.41, 5.74) is -1.01. The summed E-state index contributed by atoms with van der Waals surface area (Å²) in [5.74, 6) is -0.170. The first kappa shape index (κ1) is 18.9. The lowest BCUT2D eigenvalue weighted by molar-refractivity contribution is -0.137. The van der Waals surface area contributed by atoms with Crippen LogP contribution in [0.2, 0.25) is 0 Å². The van der Waals surface area contributed by atoms with E-state index < -0.39 is 26.7 Å². The molecule has 0 radical (unpaired) electrons. The number of rotatable bonds is 3. The fourth-order valence-corrected chi connectivity index (χ4v) is 4.83. The molecule has 140 valence electrons. The van der Waals surface area contributed by atoms with Gasteiger partial charge in [-0.3, -0.25) is 4.79 Å². The number of hydrogen-bond donors (Lipinski definition) is 0. The molecule has 26 heavy (non-hydrogen) atoms. The summed E-state index contributed by atoms with van der Waals surface area (Å²) >= 11 is 1.30. The van der Waals surface area contributed by atoms with Crippen molar-refractivity contribution in [3.05, 3.63) is 52.2 Å². The molecule has 0 unspecified atom stereocenters. The minimum atomic E-state index is -4.61. The Balaban J connectivity index is 1.73. The first-order valence-electron chi connectivity index (χ1n) is 7.70. The van der Waals surface area contributed by atoms with Crippen molar-refractivity contribution in [3.63, 3.8) is 0 Å². The van der Waals surface area contributed by atoms with Gasteiger partial charge in [0.2, 0.25) is 10.0 Å². The van der Waals surface area contributed by atoms with Crippen molar-refractivity contribution in [2.24, 2.45) is 0 Å². The second-order valence-corrected chi connectivity index (χ2v) is 8.58. The van der Waals surface area contributed by atoms with Crippen LogP contribution in [0.1, 0.15) is 15.2 Å². The second kappa shape index (κ2) is 7.01. The third kappa shape index (κ3) is 3.76. The SMILES string of the molecule is O=C(c1cccs1)N1CCN(S(=O)(=O)c2cccc(C(F)(F)F)c2)CC1. The Morgan fingerprint density at radius 2 is 1.73 bits per heavy atom. The van der Waals surface area contributed by atoms with Crippen LogP contribution in [-0.2, 0) is 16.2 Å². The van der Waals surface area contributed by atoms with Crippen molar-refractivity contribution >= 4 is 27.3 Å². The van der Waals surface area contributed by atoms with E-state index in [9.17, 15) is 26.4 Å². The molecule has 1 aliphatic heterocycles. The molecule has 2 aromatic rings. The molecule has 1 aliphatic rings. The average Bonchev–Trinajstić information content (AvgIpc) is 3.15. The van der Waals surface area contributed by atoms with Crippen LogP contribution >= 0.6 is 11.3 Å². The molecule has 5 nitrogen and oxygen atoms in total. The van der Waals surface area contributed by atoms with Gasteiger partial charge < -0.3 is 4.90 Å². The monoisotopic (exact) mass is 404 g/mol. The minimum Gasteiger partial charge on any atom is -0.335 e. The van der Waals surface area contributed by atoms with Gasteiger partial charge in [0.15, 0.2) is 0 Å².